The second-order valence-corrected chi connectivity index (χ2v) is 6.67. The average molecular weight is 310 g/mol. The topological polar surface area (TPSA) is 65.5 Å². The van der Waals surface area contributed by atoms with E-state index in [9.17, 15) is 4.79 Å². The molecular formula is C15H26N4OS. The molecule has 118 valence electrons. The van der Waals surface area contributed by atoms with E-state index < -0.39 is 0 Å². The second kappa shape index (κ2) is 8.67. The molecule has 0 saturated heterocycles. The van der Waals surface area contributed by atoms with Crippen LogP contribution in [0, 0.1) is 0 Å². The second-order valence-electron chi connectivity index (χ2n) is 5.72. The van der Waals surface area contributed by atoms with Crippen molar-refractivity contribution in [2.75, 3.05) is 19.6 Å². The summed E-state index contributed by atoms with van der Waals surface area (Å²) in [6, 6.07) is 3.71. The maximum atomic E-state index is 11.7. The lowest BCUT2D eigenvalue weighted by molar-refractivity contribution is 0.0957. The fraction of sp³-hybridized carbons (Fsp3) is 0.600. The number of hydrogen-bond donors (Lipinski definition) is 3. The molecule has 1 aromatic heterocycles. The van der Waals surface area contributed by atoms with E-state index in [0.29, 0.717) is 13.1 Å². The van der Waals surface area contributed by atoms with Crippen LogP contribution >= 0.6 is 11.3 Å². The van der Waals surface area contributed by atoms with Crippen molar-refractivity contribution in [3.05, 3.63) is 22.4 Å². The summed E-state index contributed by atoms with van der Waals surface area (Å²) < 4.78 is 0. The number of aliphatic imine (C=N–C) groups is 1. The molecule has 0 aliphatic carbocycles. The number of guanidine groups is 1. The molecule has 5 nitrogen and oxygen atoms in total. The fourth-order valence-corrected chi connectivity index (χ4v) is 2.27. The summed E-state index contributed by atoms with van der Waals surface area (Å²) in [5.41, 5.74) is -0.0195. The van der Waals surface area contributed by atoms with Crippen LogP contribution in [0.2, 0.25) is 0 Å². The van der Waals surface area contributed by atoms with Crippen LogP contribution in [-0.4, -0.2) is 37.0 Å². The minimum Gasteiger partial charge on any atom is -0.357 e. The van der Waals surface area contributed by atoms with E-state index in [1.54, 1.807) is 0 Å². The Balaban J connectivity index is 2.29. The monoisotopic (exact) mass is 310 g/mol. The molecule has 0 aliphatic heterocycles. The van der Waals surface area contributed by atoms with E-state index in [-0.39, 0.29) is 11.4 Å². The Hall–Kier alpha value is -1.56. The molecule has 0 spiro atoms. The van der Waals surface area contributed by atoms with E-state index in [1.807, 2.05) is 24.4 Å². The van der Waals surface area contributed by atoms with E-state index >= 15 is 0 Å². The third-order valence-electron chi connectivity index (χ3n) is 2.47. The van der Waals surface area contributed by atoms with Gasteiger partial charge in [0.15, 0.2) is 5.96 Å². The molecule has 0 atom stereocenters. The molecule has 1 rings (SSSR count). The highest BCUT2D eigenvalue weighted by Gasteiger charge is 2.11. The first-order chi connectivity index (χ1) is 9.92. The van der Waals surface area contributed by atoms with E-state index in [4.69, 9.17) is 0 Å². The highest BCUT2D eigenvalue weighted by Crippen LogP contribution is 2.07. The first-order valence-corrected chi connectivity index (χ1v) is 8.18. The smallest absolute Gasteiger partial charge is 0.261 e. The quantitative estimate of drug-likeness (QED) is 0.429. The minimum atomic E-state index is -0.0195. The Morgan fingerprint density at radius 3 is 2.67 bits per heavy atom. The van der Waals surface area contributed by atoms with Crippen molar-refractivity contribution in [2.24, 2.45) is 4.99 Å². The molecule has 3 N–H and O–H groups in total. The molecule has 0 aliphatic rings. The lowest BCUT2D eigenvalue weighted by atomic mass is 10.1. The van der Waals surface area contributed by atoms with Crippen LogP contribution in [0.4, 0.5) is 0 Å². The fourth-order valence-electron chi connectivity index (χ4n) is 1.63. The molecule has 0 bridgehead atoms. The molecule has 0 fully saturated rings. The molecule has 1 aromatic rings. The summed E-state index contributed by atoms with van der Waals surface area (Å²) in [4.78, 5) is 17.0. The van der Waals surface area contributed by atoms with Crippen molar-refractivity contribution in [3.8, 4) is 0 Å². The van der Waals surface area contributed by atoms with Crippen molar-refractivity contribution < 1.29 is 4.79 Å². The lowest BCUT2D eigenvalue weighted by Crippen LogP contribution is -2.47. The third-order valence-corrected chi connectivity index (χ3v) is 3.34. The Kier molecular flexibility index (Phi) is 7.22. The number of nitrogens with one attached hydrogen (secondary N) is 3. The predicted molar refractivity (Wildman–Crippen MR) is 90.1 cm³/mol. The number of thiophene rings is 1. The van der Waals surface area contributed by atoms with Gasteiger partial charge in [0, 0.05) is 25.2 Å². The van der Waals surface area contributed by atoms with Crippen LogP contribution in [0.25, 0.3) is 0 Å². The molecule has 21 heavy (non-hydrogen) atoms. The van der Waals surface area contributed by atoms with Gasteiger partial charge in [-0.2, -0.15) is 0 Å². The minimum absolute atomic E-state index is 0.00583. The Labute approximate surface area is 131 Å². The molecule has 0 unspecified atom stereocenters. The zero-order chi connectivity index (χ0) is 15.7. The summed E-state index contributed by atoms with van der Waals surface area (Å²) >= 11 is 1.45. The average Bonchev–Trinajstić information content (AvgIpc) is 2.90. The van der Waals surface area contributed by atoms with E-state index in [1.165, 1.54) is 11.3 Å². The Morgan fingerprint density at radius 1 is 1.33 bits per heavy atom. The van der Waals surface area contributed by atoms with Gasteiger partial charge in [-0.3, -0.25) is 9.79 Å². The molecule has 1 heterocycles. The summed E-state index contributed by atoms with van der Waals surface area (Å²) in [7, 11) is 0. The zero-order valence-electron chi connectivity index (χ0n) is 13.3. The van der Waals surface area contributed by atoms with Crippen LogP contribution in [0.3, 0.4) is 0 Å². The number of nitrogens with zero attached hydrogens (tertiary/aromatic N) is 1. The standard InChI is InChI=1S/C15H26N4OS/c1-5-16-14(19-15(2,3)4)18-10-7-9-17-13(20)12-8-6-11-21-12/h6,8,11H,5,7,9-10H2,1-4H3,(H,17,20)(H2,16,18,19). The maximum Gasteiger partial charge on any atom is 0.261 e. The van der Waals surface area contributed by atoms with Crippen molar-refractivity contribution in [1.29, 1.82) is 0 Å². The highest BCUT2D eigenvalue weighted by molar-refractivity contribution is 7.12. The molecule has 0 radical (unpaired) electrons. The summed E-state index contributed by atoms with van der Waals surface area (Å²) in [6.45, 7) is 10.5. The first-order valence-electron chi connectivity index (χ1n) is 7.30. The van der Waals surface area contributed by atoms with Gasteiger partial charge in [0.05, 0.1) is 4.88 Å². The van der Waals surface area contributed by atoms with Crippen LogP contribution in [0.1, 0.15) is 43.8 Å². The van der Waals surface area contributed by atoms with Gasteiger partial charge in [0.25, 0.3) is 5.91 Å². The van der Waals surface area contributed by atoms with Crippen LogP contribution in [0.15, 0.2) is 22.5 Å². The highest BCUT2D eigenvalue weighted by atomic mass is 32.1. The third kappa shape index (κ3) is 7.70. The van der Waals surface area contributed by atoms with Gasteiger partial charge in [0.1, 0.15) is 0 Å². The largest absolute Gasteiger partial charge is 0.357 e. The molecule has 0 aromatic carbocycles. The Morgan fingerprint density at radius 2 is 2.10 bits per heavy atom. The maximum absolute atomic E-state index is 11.7. The molecule has 0 saturated carbocycles. The van der Waals surface area contributed by atoms with Gasteiger partial charge >= 0.3 is 0 Å². The summed E-state index contributed by atoms with van der Waals surface area (Å²) in [5.74, 6) is 0.809. The van der Waals surface area contributed by atoms with Crippen molar-refractivity contribution in [3.63, 3.8) is 0 Å². The van der Waals surface area contributed by atoms with E-state index in [0.717, 1.165) is 23.8 Å². The van der Waals surface area contributed by atoms with Gasteiger partial charge in [-0.1, -0.05) is 6.07 Å². The van der Waals surface area contributed by atoms with Crippen molar-refractivity contribution >= 4 is 23.2 Å². The van der Waals surface area contributed by atoms with Gasteiger partial charge in [-0.25, -0.2) is 0 Å². The normalized spacial score (nSPS) is 12.1. The van der Waals surface area contributed by atoms with Gasteiger partial charge in [-0.15, -0.1) is 11.3 Å². The molecular weight excluding hydrogens is 284 g/mol. The molecule has 6 heteroatoms. The lowest BCUT2D eigenvalue weighted by Gasteiger charge is -2.23. The van der Waals surface area contributed by atoms with Gasteiger partial charge < -0.3 is 16.0 Å². The van der Waals surface area contributed by atoms with Crippen LogP contribution < -0.4 is 16.0 Å². The van der Waals surface area contributed by atoms with Crippen molar-refractivity contribution in [1.82, 2.24) is 16.0 Å². The number of amides is 1. The van der Waals surface area contributed by atoms with Crippen LogP contribution in [-0.2, 0) is 0 Å². The number of carbonyl (C=O) groups is 1. The number of hydrogen-bond acceptors (Lipinski definition) is 3. The Bertz CT molecular complexity index is 449. The number of carbonyl (C=O) groups excluding carboxylic acids is 1. The predicted octanol–water partition coefficient (Wildman–Crippen LogP) is 2.22. The van der Waals surface area contributed by atoms with Gasteiger partial charge in [-0.05, 0) is 45.6 Å². The van der Waals surface area contributed by atoms with E-state index in [2.05, 4.69) is 41.7 Å². The number of rotatable bonds is 6. The first kappa shape index (κ1) is 17.5. The molecule has 1 amide bonds. The van der Waals surface area contributed by atoms with Crippen LogP contribution in [0.5, 0.6) is 0 Å². The SMILES string of the molecule is CCNC(=NCCCNC(=O)c1cccs1)NC(C)(C)C. The summed E-state index contributed by atoms with van der Waals surface area (Å²) in [5, 5.41) is 11.4. The zero-order valence-corrected chi connectivity index (χ0v) is 14.1. The summed E-state index contributed by atoms with van der Waals surface area (Å²) in [6.07, 6.45) is 0.817. The van der Waals surface area contributed by atoms with Crippen molar-refractivity contribution in [2.45, 2.75) is 39.7 Å². The van der Waals surface area contributed by atoms with Gasteiger partial charge in [0.2, 0.25) is 0 Å².